The Labute approximate surface area is 181 Å². The van der Waals surface area contributed by atoms with Crippen LogP contribution >= 0.6 is 0 Å². The third-order valence-corrected chi connectivity index (χ3v) is 5.69. The lowest BCUT2D eigenvalue weighted by Crippen LogP contribution is -2.46. The number of carbonyl (C=O) groups is 2. The first-order chi connectivity index (χ1) is 14.9. The van der Waals surface area contributed by atoms with Gasteiger partial charge in [0.05, 0.1) is 23.2 Å². The number of amides is 2. The van der Waals surface area contributed by atoms with Crippen molar-refractivity contribution in [3.8, 4) is 0 Å². The quantitative estimate of drug-likeness (QED) is 0.661. The molecule has 0 spiro atoms. The van der Waals surface area contributed by atoms with Crippen LogP contribution in [-0.2, 0) is 11.8 Å². The van der Waals surface area contributed by atoms with Crippen LogP contribution in [0.2, 0.25) is 0 Å². The summed E-state index contributed by atoms with van der Waals surface area (Å²) in [6.07, 6.45) is 1.62. The lowest BCUT2D eigenvalue weighted by atomic mass is 10.0. The Hall–Kier alpha value is -3.26. The van der Waals surface area contributed by atoms with Crippen molar-refractivity contribution in [3.63, 3.8) is 0 Å². The summed E-state index contributed by atoms with van der Waals surface area (Å²) in [6.45, 7) is 5.68. The molecule has 2 aromatic heterocycles. The summed E-state index contributed by atoms with van der Waals surface area (Å²) in [5.74, 6) is -0.109. The Balaban J connectivity index is 1.34. The molecule has 31 heavy (non-hydrogen) atoms. The van der Waals surface area contributed by atoms with E-state index in [-0.39, 0.29) is 17.9 Å². The van der Waals surface area contributed by atoms with Crippen molar-refractivity contribution in [1.82, 2.24) is 25.0 Å². The number of hydrogen-bond donors (Lipinski definition) is 2. The molecule has 1 fully saturated rings. The summed E-state index contributed by atoms with van der Waals surface area (Å²) in [5, 5.41) is 11.3. The zero-order chi connectivity index (χ0) is 22.0. The summed E-state index contributed by atoms with van der Waals surface area (Å²) in [5.41, 5.74) is 3.74. The van der Waals surface area contributed by atoms with Crippen LogP contribution in [0.1, 0.15) is 34.6 Å². The zero-order valence-corrected chi connectivity index (χ0v) is 18.2. The Bertz CT molecular complexity index is 1100. The van der Waals surface area contributed by atoms with Gasteiger partial charge in [-0.15, -0.1) is 0 Å². The molecule has 1 aliphatic heterocycles. The lowest BCUT2D eigenvalue weighted by molar-refractivity contribution is -0.117. The second-order valence-corrected chi connectivity index (χ2v) is 8.16. The molecule has 0 radical (unpaired) electrons. The van der Waals surface area contributed by atoms with Crippen LogP contribution in [0.3, 0.4) is 0 Å². The minimum Gasteiger partial charge on any atom is -0.349 e. The molecule has 3 heterocycles. The fourth-order valence-corrected chi connectivity index (χ4v) is 4.17. The van der Waals surface area contributed by atoms with Gasteiger partial charge in [-0.05, 0) is 44.9 Å². The van der Waals surface area contributed by atoms with Crippen LogP contribution in [-0.4, -0.2) is 57.2 Å². The number of rotatable bonds is 5. The van der Waals surface area contributed by atoms with Gasteiger partial charge in [-0.1, -0.05) is 18.2 Å². The maximum absolute atomic E-state index is 13.0. The van der Waals surface area contributed by atoms with Crippen molar-refractivity contribution >= 4 is 28.5 Å². The van der Waals surface area contributed by atoms with Gasteiger partial charge in [0.25, 0.3) is 5.91 Å². The van der Waals surface area contributed by atoms with E-state index in [0.29, 0.717) is 12.1 Å². The SMILES string of the molecule is Cc1cc(C(=O)NC2CCN(CC(=O)Nc3ccccc3)CC2)c2c(C)nn(C)c2n1. The van der Waals surface area contributed by atoms with Crippen LogP contribution in [0.15, 0.2) is 36.4 Å². The number of hydrogen-bond acceptors (Lipinski definition) is 5. The minimum atomic E-state index is -0.0909. The average molecular weight is 421 g/mol. The molecule has 1 saturated heterocycles. The number of likely N-dealkylation sites (tertiary alicyclic amines) is 1. The van der Waals surface area contributed by atoms with Gasteiger partial charge in [0.2, 0.25) is 5.91 Å². The molecule has 2 amide bonds. The van der Waals surface area contributed by atoms with E-state index in [1.54, 1.807) is 4.68 Å². The molecule has 0 aliphatic carbocycles. The zero-order valence-electron chi connectivity index (χ0n) is 18.2. The highest BCUT2D eigenvalue weighted by Gasteiger charge is 2.24. The highest BCUT2D eigenvalue weighted by atomic mass is 16.2. The molecule has 8 heteroatoms. The first kappa shape index (κ1) is 21.0. The number of anilines is 1. The van der Waals surface area contributed by atoms with Crippen LogP contribution in [0.25, 0.3) is 11.0 Å². The van der Waals surface area contributed by atoms with Gasteiger partial charge >= 0.3 is 0 Å². The van der Waals surface area contributed by atoms with Crippen molar-refractivity contribution in [2.24, 2.45) is 7.05 Å². The maximum Gasteiger partial charge on any atom is 0.252 e. The summed E-state index contributed by atoms with van der Waals surface area (Å²) < 4.78 is 1.72. The smallest absolute Gasteiger partial charge is 0.252 e. The third kappa shape index (κ3) is 4.74. The minimum absolute atomic E-state index is 0.0182. The van der Waals surface area contributed by atoms with Crippen LogP contribution in [0.5, 0.6) is 0 Å². The standard InChI is InChI=1S/C23H28N6O2/c1-15-13-19(21-16(2)27-28(3)22(21)24-15)23(31)26-18-9-11-29(12-10-18)14-20(30)25-17-7-5-4-6-8-17/h4-8,13,18H,9-12,14H2,1-3H3,(H,25,30)(H,26,31). The van der Waals surface area contributed by atoms with Gasteiger partial charge in [-0.3, -0.25) is 19.2 Å². The predicted molar refractivity (Wildman–Crippen MR) is 120 cm³/mol. The van der Waals surface area contributed by atoms with E-state index in [2.05, 4.69) is 25.6 Å². The fraction of sp³-hybridized carbons (Fsp3) is 0.391. The van der Waals surface area contributed by atoms with Crippen molar-refractivity contribution in [1.29, 1.82) is 0 Å². The maximum atomic E-state index is 13.0. The molecule has 0 unspecified atom stereocenters. The number of fused-ring (bicyclic) bond motifs is 1. The molecule has 0 bridgehead atoms. The fourth-order valence-electron chi connectivity index (χ4n) is 4.17. The number of nitrogens with one attached hydrogen (secondary N) is 2. The molecule has 1 aliphatic rings. The number of aryl methyl sites for hydroxylation is 3. The van der Waals surface area contributed by atoms with Crippen molar-refractivity contribution in [2.75, 3.05) is 25.0 Å². The number of piperidine rings is 1. The average Bonchev–Trinajstić information content (AvgIpc) is 3.03. The van der Waals surface area contributed by atoms with Gasteiger partial charge < -0.3 is 10.6 Å². The number of aromatic nitrogens is 3. The van der Waals surface area contributed by atoms with E-state index in [1.807, 2.05) is 57.3 Å². The molecule has 4 rings (SSSR count). The summed E-state index contributed by atoms with van der Waals surface area (Å²) >= 11 is 0. The summed E-state index contributed by atoms with van der Waals surface area (Å²) in [4.78, 5) is 32.0. The summed E-state index contributed by atoms with van der Waals surface area (Å²) in [7, 11) is 1.84. The molecule has 162 valence electrons. The van der Waals surface area contributed by atoms with Crippen molar-refractivity contribution in [3.05, 3.63) is 53.3 Å². The Morgan fingerprint density at radius 3 is 2.55 bits per heavy atom. The topological polar surface area (TPSA) is 92.2 Å². The highest BCUT2D eigenvalue weighted by Crippen LogP contribution is 2.22. The number of para-hydroxylation sites is 1. The predicted octanol–water partition coefficient (Wildman–Crippen LogP) is 2.42. The first-order valence-corrected chi connectivity index (χ1v) is 10.6. The molecule has 1 aromatic carbocycles. The van der Waals surface area contributed by atoms with Crippen LogP contribution < -0.4 is 10.6 Å². The van der Waals surface area contributed by atoms with E-state index in [0.717, 1.165) is 54.0 Å². The lowest BCUT2D eigenvalue weighted by Gasteiger charge is -2.31. The number of carbonyl (C=O) groups excluding carboxylic acids is 2. The second kappa shape index (κ2) is 8.85. The third-order valence-electron chi connectivity index (χ3n) is 5.69. The normalized spacial score (nSPS) is 15.2. The van der Waals surface area contributed by atoms with Gasteiger partial charge in [-0.25, -0.2) is 4.98 Å². The van der Waals surface area contributed by atoms with Crippen LogP contribution in [0.4, 0.5) is 5.69 Å². The Kier molecular flexibility index (Phi) is 5.99. The van der Waals surface area contributed by atoms with E-state index in [4.69, 9.17) is 0 Å². The number of nitrogens with zero attached hydrogens (tertiary/aromatic N) is 4. The van der Waals surface area contributed by atoms with Gasteiger partial charge in [-0.2, -0.15) is 5.10 Å². The van der Waals surface area contributed by atoms with Gasteiger partial charge in [0.15, 0.2) is 5.65 Å². The van der Waals surface area contributed by atoms with E-state index in [1.165, 1.54) is 0 Å². The number of benzene rings is 1. The van der Waals surface area contributed by atoms with Crippen molar-refractivity contribution in [2.45, 2.75) is 32.7 Å². The molecular formula is C23H28N6O2. The number of pyridine rings is 1. The molecule has 0 atom stereocenters. The molecule has 8 nitrogen and oxygen atoms in total. The van der Waals surface area contributed by atoms with E-state index < -0.39 is 0 Å². The molecule has 0 saturated carbocycles. The molecule has 2 N–H and O–H groups in total. The van der Waals surface area contributed by atoms with Gasteiger partial charge in [0.1, 0.15) is 0 Å². The largest absolute Gasteiger partial charge is 0.349 e. The highest BCUT2D eigenvalue weighted by molar-refractivity contribution is 6.06. The second-order valence-electron chi connectivity index (χ2n) is 8.16. The van der Waals surface area contributed by atoms with Gasteiger partial charge in [0, 0.05) is 37.6 Å². The summed E-state index contributed by atoms with van der Waals surface area (Å²) in [6, 6.07) is 11.4. The Morgan fingerprint density at radius 2 is 1.84 bits per heavy atom. The van der Waals surface area contributed by atoms with E-state index >= 15 is 0 Å². The first-order valence-electron chi connectivity index (χ1n) is 10.6. The Morgan fingerprint density at radius 1 is 1.13 bits per heavy atom. The van der Waals surface area contributed by atoms with Crippen molar-refractivity contribution < 1.29 is 9.59 Å². The molecule has 3 aromatic rings. The van der Waals surface area contributed by atoms with E-state index in [9.17, 15) is 9.59 Å². The monoisotopic (exact) mass is 420 g/mol. The van der Waals surface area contributed by atoms with Crippen LogP contribution in [0, 0.1) is 13.8 Å². The molecular weight excluding hydrogens is 392 g/mol.